The van der Waals surface area contributed by atoms with E-state index in [1.807, 2.05) is 13.8 Å². The second-order valence-electron chi connectivity index (χ2n) is 5.77. The van der Waals surface area contributed by atoms with Gasteiger partial charge in [-0.3, -0.25) is 20.4 Å². The van der Waals surface area contributed by atoms with Crippen molar-refractivity contribution in [3.05, 3.63) is 58.6 Å². The second-order valence-corrected chi connectivity index (χ2v) is 6.21. The van der Waals surface area contributed by atoms with Gasteiger partial charge in [-0.1, -0.05) is 11.6 Å². The molecule has 0 spiro atoms. The molecular weight excluding hydrogens is 384 g/mol. The third-order valence-electron chi connectivity index (χ3n) is 3.63. The van der Waals surface area contributed by atoms with Gasteiger partial charge in [-0.25, -0.2) is 0 Å². The number of hydrogen-bond donors (Lipinski definition) is 2. The van der Waals surface area contributed by atoms with Gasteiger partial charge in [-0.2, -0.15) is 0 Å². The van der Waals surface area contributed by atoms with E-state index in [1.54, 1.807) is 42.5 Å². The zero-order valence-corrected chi connectivity index (χ0v) is 16.5. The fraction of sp³-hybridized carbons (Fsp3) is 0.300. The first-order chi connectivity index (χ1) is 13.5. The van der Waals surface area contributed by atoms with Crippen LogP contribution in [0.15, 0.2) is 42.5 Å². The van der Waals surface area contributed by atoms with Crippen LogP contribution in [-0.2, 0) is 9.53 Å². The number of hydrogen-bond acceptors (Lipinski definition) is 5. The van der Waals surface area contributed by atoms with Crippen LogP contribution in [0, 0.1) is 6.92 Å². The van der Waals surface area contributed by atoms with E-state index in [-0.39, 0.29) is 6.61 Å². The lowest BCUT2D eigenvalue weighted by Crippen LogP contribution is -2.43. The number of amides is 2. The molecule has 2 rings (SSSR count). The number of ether oxygens (including phenoxy) is 3. The molecule has 0 heterocycles. The Morgan fingerprint density at radius 3 is 2.43 bits per heavy atom. The monoisotopic (exact) mass is 406 g/mol. The highest BCUT2D eigenvalue weighted by molar-refractivity contribution is 6.30. The number of benzene rings is 2. The Morgan fingerprint density at radius 1 is 1.00 bits per heavy atom. The number of halogens is 1. The number of hydrazine groups is 1. The first kappa shape index (κ1) is 21.5. The van der Waals surface area contributed by atoms with E-state index in [1.165, 1.54) is 0 Å². The fourth-order valence-electron chi connectivity index (χ4n) is 2.22. The molecule has 0 aliphatic rings. The van der Waals surface area contributed by atoms with Gasteiger partial charge in [-0.15, -0.1) is 0 Å². The summed E-state index contributed by atoms with van der Waals surface area (Å²) in [6.45, 7) is 5.07. The topological polar surface area (TPSA) is 85.9 Å². The van der Waals surface area contributed by atoms with Crippen LogP contribution in [0.25, 0.3) is 0 Å². The predicted molar refractivity (Wildman–Crippen MR) is 106 cm³/mol. The van der Waals surface area contributed by atoms with Crippen molar-refractivity contribution in [2.45, 2.75) is 13.8 Å². The van der Waals surface area contributed by atoms with Gasteiger partial charge in [0.2, 0.25) is 0 Å². The van der Waals surface area contributed by atoms with Crippen molar-refractivity contribution in [2.75, 3.05) is 26.4 Å². The molecule has 0 atom stereocenters. The molecule has 2 aromatic rings. The largest absolute Gasteiger partial charge is 0.491 e. The summed E-state index contributed by atoms with van der Waals surface area (Å²) >= 11 is 5.87. The third-order valence-corrected chi connectivity index (χ3v) is 3.86. The van der Waals surface area contributed by atoms with Crippen molar-refractivity contribution in [3.63, 3.8) is 0 Å². The van der Waals surface area contributed by atoms with E-state index >= 15 is 0 Å². The van der Waals surface area contributed by atoms with E-state index in [9.17, 15) is 9.59 Å². The molecule has 2 N–H and O–H groups in total. The fourth-order valence-corrected chi connectivity index (χ4v) is 2.44. The summed E-state index contributed by atoms with van der Waals surface area (Å²) in [6, 6.07) is 11.6. The first-order valence-corrected chi connectivity index (χ1v) is 9.16. The molecule has 0 aliphatic carbocycles. The van der Waals surface area contributed by atoms with Crippen LogP contribution in [0.3, 0.4) is 0 Å². The summed E-state index contributed by atoms with van der Waals surface area (Å²) in [5, 5.41) is 0.590. The summed E-state index contributed by atoms with van der Waals surface area (Å²) < 4.78 is 16.1. The average molecular weight is 407 g/mol. The Labute approximate surface area is 168 Å². The molecule has 0 radical (unpaired) electrons. The van der Waals surface area contributed by atoms with Gasteiger partial charge < -0.3 is 14.2 Å². The number of carbonyl (C=O) groups excluding carboxylic acids is 2. The van der Waals surface area contributed by atoms with E-state index in [0.29, 0.717) is 41.9 Å². The molecule has 0 saturated heterocycles. The van der Waals surface area contributed by atoms with Crippen LogP contribution in [0.1, 0.15) is 22.8 Å². The summed E-state index contributed by atoms with van der Waals surface area (Å²) in [7, 11) is 0. The predicted octanol–water partition coefficient (Wildman–Crippen LogP) is 2.90. The zero-order chi connectivity index (χ0) is 20.4. The molecule has 150 valence electrons. The molecular formula is C20H23ClN2O5. The molecule has 0 aliphatic heterocycles. The minimum Gasteiger partial charge on any atom is -0.491 e. The maximum absolute atomic E-state index is 12.1. The van der Waals surface area contributed by atoms with Crippen molar-refractivity contribution in [1.29, 1.82) is 0 Å². The van der Waals surface area contributed by atoms with Crippen LogP contribution in [0.5, 0.6) is 11.5 Å². The van der Waals surface area contributed by atoms with Crippen molar-refractivity contribution >= 4 is 23.4 Å². The summed E-state index contributed by atoms with van der Waals surface area (Å²) in [5.74, 6) is 0.244. The standard InChI is InChI=1S/C20H23ClN2O5/c1-3-26-10-11-27-17-7-4-15(5-8-17)20(25)23-22-19(24)13-28-18-9-6-16(21)12-14(18)2/h4-9,12H,3,10-11,13H2,1-2H3,(H,22,24)(H,23,25). The van der Waals surface area contributed by atoms with Crippen LogP contribution >= 0.6 is 11.6 Å². The highest BCUT2D eigenvalue weighted by Crippen LogP contribution is 2.21. The summed E-state index contributed by atoms with van der Waals surface area (Å²) in [4.78, 5) is 23.9. The average Bonchev–Trinajstić information content (AvgIpc) is 2.69. The minimum absolute atomic E-state index is 0.241. The quantitative estimate of drug-likeness (QED) is 0.494. The summed E-state index contributed by atoms with van der Waals surface area (Å²) in [5.41, 5.74) is 5.84. The second kappa shape index (κ2) is 11.2. The molecule has 0 fully saturated rings. The SMILES string of the molecule is CCOCCOc1ccc(C(=O)NNC(=O)COc2ccc(Cl)cc2C)cc1. The van der Waals surface area contributed by atoms with Gasteiger partial charge in [0.1, 0.15) is 18.1 Å². The smallest absolute Gasteiger partial charge is 0.276 e. The Bertz CT molecular complexity index is 796. The molecule has 2 aromatic carbocycles. The molecule has 7 nitrogen and oxygen atoms in total. The van der Waals surface area contributed by atoms with E-state index in [2.05, 4.69) is 10.9 Å². The van der Waals surface area contributed by atoms with Crippen LogP contribution in [0.4, 0.5) is 0 Å². The molecule has 0 saturated carbocycles. The molecule has 8 heteroatoms. The van der Waals surface area contributed by atoms with E-state index < -0.39 is 11.8 Å². The number of carbonyl (C=O) groups is 2. The Morgan fingerprint density at radius 2 is 1.75 bits per heavy atom. The normalized spacial score (nSPS) is 10.2. The Balaban J connectivity index is 1.74. The van der Waals surface area contributed by atoms with Crippen molar-refractivity contribution in [1.82, 2.24) is 10.9 Å². The third kappa shape index (κ3) is 7.09. The minimum atomic E-state index is -0.487. The number of nitrogens with one attached hydrogen (secondary N) is 2. The number of aryl methyl sites for hydroxylation is 1. The highest BCUT2D eigenvalue weighted by Gasteiger charge is 2.09. The van der Waals surface area contributed by atoms with Crippen molar-refractivity contribution < 1.29 is 23.8 Å². The van der Waals surface area contributed by atoms with Gasteiger partial charge >= 0.3 is 0 Å². The van der Waals surface area contributed by atoms with E-state index in [0.717, 1.165) is 5.56 Å². The van der Waals surface area contributed by atoms with Crippen LogP contribution in [0.2, 0.25) is 5.02 Å². The van der Waals surface area contributed by atoms with Gasteiger partial charge in [0.15, 0.2) is 6.61 Å². The number of rotatable bonds is 9. The van der Waals surface area contributed by atoms with Gasteiger partial charge in [-0.05, 0) is 61.9 Å². The molecule has 28 heavy (non-hydrogen) atoms. The molecule has 0 unspecified atom stereocenters. The first-order valence-electron chi connectivity index (χ1n) is 8.78. The molecule has 2 amide bonds. The van der Waals surface area contributed by atoms with Gasteiger partial charge in [0, 0.05) is 17.2 Å². The van der Waals surface area contributed by atoms with Crippen molar-refractivity contribution in [2.24, 2.45) is 0 Å². The lowest BCUT2D eigenvalue weighted by molar-refractivity contribution is -0.123. The summed E-state index contributed by atoms with van der Waals surface area (Å²) in [6.07, 6.45) is 0. The Hall–Kier alpha value is -2.77. The van der Waals surface area contributed by atoms with E-state index in [4.69, 9.17) is 25.8 Å². The maximum atomic E-state index is 12.1. The Kier molecular flexibility index (Phi) is 8.58. The zero-order valence-electron chi connectivity index (χ0n) is 15.8. The van der Waals surface area contributed by atoms with Crippen molar-refractivity contribution in [3.8, 4) is 11.5 Å². The van der Waals surface area contributed by atoms with Crippen LogP contribution < -0.4 is 20.3 Å². The van der Waals surface area contributed by atoms with Crippen LogP contribution in [-0.4, -0.2) is 38.2 Å². The highest BCUT2D eigenvalue weighted by atomic mass is 35.5. The molecule has 0 aromatic heterocycles. The van der Waals surface area contributed by atoms with Gasteiger partial charge in [0.05, 0.1) is 6.61 Å². The molecule has 0 bridgehead atoms. The lowest BCUT2D eigenvalue weighted by Gasteiger charge is -2.11. The lowest BCUT2D eigenvalue weighted by atomic mass is 10.2. The van der Waals surface area contributed by atoms with Gasteiger partial charge in [0.25, 0.3) is 11.8 Å². The maximum Gasteiger partial charge on any atom is 0.276 e.